The number of hydrogen-bond donors (Lipinski definition) is 2. The zero-order chi connectivity index (χ0) is 15.2. The van der Waals surface area contributed by atoms with Gasteiger partial charge < -0.3 is 10.4 Å². The van der Waals surface area contributed by atoms with Crippen molar-refractivity contribution in [2.24, 2.45) is 0 Å². The van der Waals surface area contributed by atoms with Crippen LogP contribution in [0, 0.1) is 24.6 Å². The number of aliphatic hydroxyl groups is 1. The first-order valence-corrected chi connectivity index (χ1v) is 7.06. The number of carbonyl (C=O) groups is 1. The highest BCUT2D eigenvalue weighted by atomic mass is 32.1. The summed E-state index contributed by atoms with van der Waals surface area (Å²) in [6.45, 7) is 1.85. The van der Waals surface area contributed by atoms with Gasteiger partial charge in [-0.25, -0.2) is 9.37 Å². The van der Waals surface area contributed by atoms with E-state index in [1.807, 2.05) is 12.3 Å². The molecule has 0 aliphatic rings. The van der Waals surface area contributed by atoms with E-state index in [4.69, 9.17) is 5.11 Å². The number of hydrogen-bond acceptors (Lipinski definition) is 4. The molecule has 0 radical (unpaired) electrons. The quantitative estimate of drug-likeness (QED) is 0.851. The number of amides is 1. The molecular weight excluding hydrogens is 291 g/mol. The summed E-state index contributed by atoms with van der Waals surface area (Å²) in [5.74, 6) is 3.87. The van der Waals surface area contributed by atoms with Crippen molar-refractivity contribution in [2.45, 2.75) is 13.5 Å². The molecule has 0 fully saturated rings. The van der Waals surface area contributed by atoms with Crippen molar-refractivity contribution in [1.29, 1.82) is 0 Å². The van der Waals surface area contributed by atoms with Gasteiger partial charge in [0.25, 0.3) is 5.91 Å². The highest BCUT2D eigenvalue weighted by molar-refractivity contribution is 7.09. The standard InChI is InChI=1S/C15H13FN2O2S/c1-10-9-21-14(18-10)8-17-15(20)12-5-4-11(3-2-6-19)13(16)7-12/h4-5,7,9,19H,6,8H2,1H3,(H,17,20). The van der Waals surface area contributed by atoms with Crippen molar-refractivity contribution < 1.29 is 14.3 Å². The van der Waals surface area contributed by atoms with Gasteiger partial charge in [0.05, 0.1) is 12.1 Å². The van der Waals surface area contributed by atoms with Gasteiger partial charge in [0.2, 0.25) is 0 Å². The van der Waals surface area contributed by atoms with Crippen molar-refractivity contribution in [3.63, 3.8) is 0 Å². The van der Waals surface area contributed by atoms with Gasteiger partial charge in [0.1, 0.15) is 17.4 Å². The number of carbonyl (C=O) groups excluding carboxylic acids is 1. The minimum absolute atomic E-state index is 0.149. The number of halogens is 1. The summed E-state index contributed by atoms with van der Waals surface area (Å²) in [7, 11) is 0. The van der Waals surface area contributed by atoms with Crippen molar-refractivity contribution in [3.05, 3.63) is 51.2 Å². The summed E-state index contributed by atoms with van der Waals surface area (Å²) in [5.41, 5.74) is 1.27. The Labute approximate surface area is 125 Å². The SMILES string of the molecule is Cc1csc(CNC(=O)c2ccc(C#CCO)c(F)c2)n1. The first-order chi connectivity index (χ1) is 10.1. The molecular formula is C15H13FN2O2S. The summed E-state index contributed by atoms with van der Waals surface area (Å²) in [6.07, 6.45) is 0. The average molecular weight is 304 g/mol. The number of thiazole rings is 1. The fourth-order valence-corrected chi connectivity index (χ4v) is 2.35. The lowest BCUT2D eigenvalue weighted by molar-refractivity contribution is 0.0950. The lowest BCUT2D eigenvalue weighted by Gasteiger charge is -2.04. The number of aryl methyl sites for hydroxylation is 1. The number of rotatable bonds is 3. The Balaban J connectivity index is 2.04. The maximum Gasteiger partial charge on any atom is 0.251 e. The Morgan fingerprint density at radius 1 is 1.52 bits per heavy atom. The number of benzene rings is 1. The third-order valence-electron chi connectivity index (χ3n) is 2.60. The molecule has 2 rings (SSSR count). The Bertz CT molecular complexity index is 716. The van der Waals surface area contributed by atoms with Gasteiger partial charge in [-0.05, 0) is 25.1 Å². The summed E-state index contributed by atoms with van der Waals surface area (Å²) >= 11 is 1.46. The predicted octanol–water partition coefficient (Wildman–Crippen LogP) is 1.86. The van der Waals surface area contributed by atoms with E-state index in [1.165, 1.54) is 23.5 Å². The van der Waals surface area contributed by atoms with E-state index in [-0.39, 0.29) is 23.6 Å². The molecule has 4 nitrogen and oxygen atoms in total. The van der Waals surface area contributed by atoms with Crippen LogP contribution >= 0.6 is 11.3 Å². The number of nitrogens with one attached hydrogen (secondary N) is 1. The Morgan fingerprint density at radius 3 is 2.95 bits per heavy atom. The second-order valence-electron chi connectivity index (χ2n) is 4.22. The molecule has 0 atom stereocenters. The lowest BCUT2D eigenvalue weighted by Crippen LogP contribution is -2.22. The number of aromatic nitrogens is 1. The van der Waals surface area contributed by atoms with E-state index in [1.54, 1.807) is 0 Å². The molecule has 1 aromatic carbocycles. The smallest absolute Gasteiger partial charge is 0.251 e. The van der Waals surface area contributed by atoms with Crippen molar-refractivity contribution in [1.82, 2.24) is 10.3 Å². The van der Waals surface area contributed by atoms with Crippen LogP contribution in [-0.2, 0) is 6.54 Å². The molecule has 0 saturated heterocycles. The third kappa shape index (κ3) is 4.12. The van der Waals surface area contributed by atoms with Gasteiger partial charge in [0.15, 0.2) is 0 Å². The molecule has 108 valence electrons. The number of nitrogens with zero attached hydrogens (tertiary/aromatic N) is 1. The minimum Gasteiger partial charge on any atom is -0.384 e. The third-order valence-corrected chi connectivity index (χ3v) is 3.57. The van der Waals surface area contributed by atoms with Crippen LogP contribution < -0.4 is 5.32 Å². The molecule has 0 aliphatic carbocycles. The first-order valence-electron chi connectivity index (χ1n) is 6.18. The van der Waals surface area contributed by atoms with Crippen LogP contribution in [0.3, 0.4) is 0 Å². The van der Waals surface area contributed by atoms with Crippen molar-refractivity contribution in [3.8, 4) is 11.8 Å². The summed E-state index contributed by atoms with van der Waals surface area (Å²) in [6, 6.07) is 4.04. The second-order valence-corrected chi connectivity index (χ2v) is 5.16. The van der Waals surface area contributed by atoms with Crippen molar-refractivity contribution >= 4 is 17.2 Å². The van der Waals surface area contributed by atoms with Gasteiger partial charge in [-0.3, -0.25) is 4.79 Å². The van der Waals surface area contributed by atoms with Gasteiger partial charge in [-0.2, -0.15) is 0 Å². The van der Waals surface area contributed by atoms with Gasteiger partial charge >= 0.3 is 0 Å². The van der Waals surface area contributed by atoms with E-state index in [9.17, 15) is 9.18 Å². The van der Waals surface area contributed by atoms with Gasteiger partial charge in [-0.15, -0.1) is 11.3 Å². The van der Waals surface area contributed by atoms with Gasteiger partial charge in [-0.1, -0.05) is 11.8 Å². The van der Waals surface area contributed by atoms with E-state index in [2.05, 4.69) is 22.1 Å². The van der Waals surface area contributed by atoms with Crippen LogP contribution in [0.5, 0.6) is 0 Å². The normalized spacial score (nSPS) is 9.86. The Morgan fingerprint density at radius 2 is 2.33 bits per heavy atom. The molecule has 21 heavy (non-hydrogen) atoms. The summed E-state index contributed by atoms with van der Waals surface area (Å²) < 4.78 is 13.7. The summed E-state index contributed by atoms with van der Waals surface area (Å²) in [4.78, 5) is 16.2. The minimum atomic E-state index is -0.589. The highest BCUT2D eigenvalue weighted by Crippen LogP contribution is 2.11. The number of aliphatic hydroxyl groups excluding tert-OH is 1. The molecule has 2 aromatic rings. The van der Waals surface area contributed by atoms with E-state index in [0.29, 0.717) is 6.54 Å². The maximum absolute atomic E-state index is 13.7. The largest absolute Gasteiger partial charge is 0.384 e. The summed E-state index contributed by atoms with van der Waals surface area (Å²) in [5, 5.41) is 14.0. The molecule has 0 bridgehead atoms. The molecule has 6 heteroatoms. The molecule has 0 spiro atoms. The molecule has 0 aliphatic heterocycles. The molecule has 1 amide bonds. The fraction of sp³-hybridized carbons (Fsp3) is 0.200. The molecule has 0 unspecified atom stereocenters. The Hall–Kier alpha value is -2.23. The maximum atomic E-state index is 13.7. The molecule has 1 aromatic heterocycles. The van der Waals surface area contributed by atoms with E-state index >= 15 is 0 Å². The van der Waals surface area contributed by atoms with Crippen LogP contribution in [-0.4, -0.2) is 22.6 Å². The first kappa shape index (κ1) is 15.2. The van der Waals surface area contributed by atoms with E-state index < -0.39 is 5.82 Å². The topological polar surface area (TPSA) is 62.2 Å². The van der Waals surface area contributed by atoms with E-state index in [0.717, 1.165) is 16.8 Å². The van der Waals surface area contributed by atoms with Crippen LogP contribution in [0.4, 0.5) is 4.39 Å². The molecule has 2 N–H and O–H groups in total. The monoisotopic (exact) mass is 304 g/mol. The molecule has 0 saturated carbocycles. The van der Waals surface area contributed by atoms with Crippen LogP contribution in [0.15, 0.2) is 23.6 Å². The highest BCUT2D eigenvalue weighted by Gasteiger charge is 2.09. The lowest BCUT2D eigenvalue weighted by atomic mass is 10.1. The average Bonchev–Trinajstić information content (AvgIpc) is 2.89. The zero-order valence-electron chi connectivity index (χ0n) is 11.3. The van der Waals surface area contributed by atoms with Crippen molar-refractivity contribution in [2.75, 3.05) is 6.61 Å². The zero-order valence-corrected chi connectivity index (χ0v) is 12.1. The van der Waals surface area contributed by atoms with Crippen LogP contribution in [0.1, 0.15) is 26.6 Å². The molecule has 1 heterocycles. The second kappa shape index (κ2) is 6.97. The fourth-order valence-electron chi connectivity index (χ4n) is 1.63. The van der Waals surface area contributed by atoms with Crippen LogP contribution in [0.2, 0.25) is 0 Å². The van der Waals surface area contributed by atoms with Crippen LogP contribution in [0.25, 0.3) is 0 Å². The van der Waals surface area contributed by atoms with Gasteiger partial charge in [0, 0.05) is 16.6 Å². The predicted molar refractivity (Wildman–Crippen MR) is 78.4 cm³/mol. The Kier molecular flexibility index (Phi) is 5.04.